The SMILES string of the molecule is CCOC(=O)c1c(NC(=O)COCc2ccccc2)sc2c1CCCC2. The second-order valence-electron chi connectivity index (χ2n) is 6.16. The number of esters is 1. The fraction of sp³-hybridized carbons (Fsp3) is 0.400. The smallest absolute Gasteiger partial charge is 0.341 e. The maximum absolute atomic E-state index is 12.4. The predicted octanol–water partition coefficient (Wildman–Crippen LogP) is 3.96. The lowest BCUT2D eigenvalue weighted by Gasteiger charge is -2.12. The molecule has 0 saturated heterocycles. The first-order valence-corrected chi connectivity index (χ1v) is 9.74. The minimum absolute atomic E-state index is 0.0558. The number of hydrogen-bond acceptors (Lipinski definition) is 5. The highest BCUT2D eigenvalue weighted by Crippen LogP contribution is 2.38. The fourth-order valence-corrected chi connectivity index (χ4v) is 4.37. The van der Waals surface area contributed by atoms with Crippen molar-refractivity contribution < 1.29 is 19.1 Å². The summed E-state index contributed by atoms with van der Waals surface area (Å²) in [5, 5.41) is 3.43. The summed E-state index contributed by atoms with van der Waals surface area (Å²) < 4.78 is 10.7. The first-order chi connectivity index (χ1) is 12.7. The average Bonchev–Trinajstić information content (AvgIpc) is 3.00. The van der Waals surface area contributed by atoms with Crippen LogP contribution in [0.2, 0.25) is 0 Å². The Labute approximate surface area is 157 Å². The van der Waals surface area contributed by atoms with Gasteiger partial charge in [-0.1, -0.05) is 30.3 Å². The van der Waals surface area contributed by atoms with E-state index in [9.17, 15) is 9.59 Å². The molecule has 138 valence electrons. The molecular formula is C20H23NO4S. The van der Waals surface area contributed by atoms with E-state index in [0.717, 1.165) is 36.8 Å². The standard InChI is InChI=1S/C20H23NO4S/c1-2-25-20(23)18-15-10-6-7-11-16(15)26-19(18)21-17(22)13-24-12-14-8-4-3-5-9-14/h3-5,8-9H,2,6-7,10-13H2,1H3,(H,21,22). The van der Waals surface area contributed by atoms with Crippen LogP contribution in [0.15, 0.2) is 30.3 Å². The van der Waals surface area contributed by atoms with E-state index in [2.05, 4.69) is 5.32 Å². The van der Waals surface area contributed by atoms with Crippen LogP contribution >= 0.6 is 11.3 Å². The van der Waals surface area contributed by atoms with Crippen molar-refractivity contribution in [2.24, 2.45) is 0 Å². The Bertz CT molecular complexity index is 770. The van der Waals surface area contributed by atoms with E-state index in [1.807, 2.05) is 30.3 Å². The molecule has 0 aliphatic heterocycles. The molecule has 0 saturated carbocycles. The maximum atomic E-state index is 12.4. The monoisotopic (exact) mass is 373 g/mol. The third kappa shape index (κ3) is 4.51. The maximum Gasteiger partial charge on any atom is 0.341 e. The molecule has 0 atom stereocenters. The van der Waals surface area contributed by atoms with Crippen LogP contribution in [0, 0.1) is 0 Å². The average molecular weight is 373 g/mol. The molecule has 1 aliphatic rings. The predicted molar refractivity (Wildman–Crippen MR) is 102 cm³/mol. The zero-order valence-corrected chi connectivity index (χ0v) is 15.7. The number of anilines is 1. The number of amides is 1. The molecule has 6 heteroatoms. The third-order valence-corrected chi connectivity index (χ3v) is 5.46. The Hall–Kier alpha value is -2.18. The van der Waals surface area contributed by atoms with Gasteiger partial charge in [-0.25, -0.2) is 4.79 Å². The van der Waals surface area contributed by atoms with E-state index in [4.69, 9.17) is 9.47 Å². The summed E-state index contributed by atoms with van der Waals surface area (Å²) in [5.74, 6) is -0.613. The van der Waals surface area contributed by atoms with Crippen LogP contribution < -0.4 is 5.32 Å². The lowest BCUT2D eigenvalue weighted by atomic mass is 9.95. The van der Waals surface area contributed by atoms with Crippen molar-refractivity contribution in [1.29, 1.82) is 0 Å². The van der Waals surface area contributed by atoms with E-state index in [0.29, 0.717) is 23.8 Å². The van der Waals surface area contributed by atoms with Crippen molar-refractivity contribution in [3.63, 3.8) is 0 Å². The van der Waals surface area contributed by atoms with E-state index in [-0.39, 0.29) is 18.5 Å². The van der Waals surface area contributed by atoms with Crippen LogP contribution in [0.3, 0.4) is 0 Å². The van der Waals surface area contributed by atoms with Crippen molar-refractivity contribution in [1.82, 2.24) is 0 Å². The van der Waals surface area contributed by atoms with Gasteiger partial charge >= 0.3 is 5.97 Å². The fourth-order valence-electron chi connectivity index (χ4n) is 3.07. The molecule has 1 aromatic carbocycles. The number of fused-ring (bicyclic) bond motifs is 1. The molecule has 1 aliphatic carbocycles. The van der Waals surface area contributed by atoms with E-state index < -0.39 is 0 Å². The van der Waals surface area contributed by atoms with Gasteiger partial charge in [-0.2, -0.15) is 0 Å². The summed E-state index contributed by atoms with van der Waals surface area (Å²) in [6.07, 6.45) is 3.99. The van der Waals surface area contributed by atoms with Gasteiger partial charge in [-0.05, 0) is 43.7 Å². The molecule has 0 spiro atoms. The molecule has 0 fully saturated rings. The van der Waals surface area contributed by atoms with Crippen molar-refractivity contribution >= 4 is 28.2 Å². The molecule has 2 aromatic rings. The molecule has 1 heterocycles. The summed E-state index contributed by atoms with van der Waals surface area (Å²) in [4.78, 5) is 25.8. The summed E-state index contributed by atoms with van der Waals surface area (Å²) in [7, 11) is 0. The molecule has 1 amide bonds. The quantitative estimate of drug-likeness (QED) is 0.746. The second kappa shape index (κ2) is 8.96. The minimum Gasteiger partial charge on any atom is -0.462 e. The number of ether oxygens (including phenoxy) is 2. The van der Waals surface area contributed by atoms with E-state index in [1.165, 1.54) is 16.2 Å². The number of thiophene rings is 1. The van der Waals surface area contributed by atoms with Crippen LogP contribution in [0.5, 0.6) is 0 Å². The molecule has 3 rings (SSSR count). The number of nitrogens with one attached hydrogen (secondary N) is 1. The molecule has 0 unspecified atom stereocenters. The molecule has 0 bridgehead atoms. The topological polar surface area (TPSA) is 64.6 Å². The van der Waals surface area contributed by atoms with E-state index >= 15 is 0 Å². The summed E-state index contributed by atoms with van der Waals surface area (Å²) in [6.45, 7) is 2.42. The number of rotatable bonds is 7. The van der Waals surface area contributed by atoms with Crippen LogP contribution in [0.1, 0.15) is 46.1 Å². The first kappa shape index (κ1) is 18.6. The Morgan fingerprint density at radius 3 is 2.69 bits per heavy atom. The molecule has 1 aromatic heterocycles. The second-order valence-corrected chi connectivity index (χ2v) is 7.27. The van der Waals surface area contributed by atoms with Crippen LogP contribution in [-0.4, -0.2) is 25.1 Å². The van der Waals surface area contributed by atoms with Gasteiger partial charge in [-0.15, -0.1) is 11.3 Å². The Balaban J connectivity index is 1.65. The van der Waals surface area contributed by atoms with Crippen molar-refractivity contribution in [3.8, 4) is 0 Å². The van der Waals surface area contributed by atoms with Crippen molar-refractivity contribution in [3.05, 3.63) is 51.9 Å². The minimum atomic E-state index is -0.354. The van der Waals surface area contributed by atoms with Gasteiger partial charge in [-0.3, -0.25) is 4.79 Å². The van der Waals surface area contributed by atoms with Crippen LogP contribution in [0.4, 0.5) is 5.00 Å². The number of hydrogen-bond donors (Lipinski definition) is 1. The van der Waals surface area contributed by atoms with Crippen LogP contribution in [-0.2, 0) is 33.7 Å². The zero-order valence-electron chi connectivity index (χ0n) is 14.9. The van der Waals surface area contributed by atoms with Gasteiger partial charge in [0, 0.05) is 4.88 Å². The highest BCUT2D eigenvalue weighted by molar-refractivity contribution is 7.17. The number of carbonyl (C=O) groups excluding carboxylic acids is 2. The molecule has 26 heavy (non-hydrogen) atoms. The lowest BCUT2D eigenvalue weighted by molar-refractivity contribution is -0.120. The van der Waals surface area contributed by atoms with Gasteiger partial charge in [0.05, 0.1) is 18.8 Å². The zero-order chi connectivity index (χ0) is 18.4. The highest BCUT2D eigenvalue weighted by atomic mass is 32.1. The van der Waals surface area contributed by atoms with Crippen molar-refractivity contribution in [2.45, 2.75) is 39.2 Å². The van der Waals surface area contributed by atoms with Crippen molar-refractivity contribution in [2.75, 3.05) is 18.5 Å². The highest BCUT2D eigenvalue weighted by Gasteiger charge is 2.27. The van der Waals surface area contributed by atoms with E-state index in [1.54, 1.807) is 6.92 Å². The van der Waals surface area contributed by atoms with Gasteiger partial charge in [0.1, 0.15) is 11.6 Å². The molecule has 1 N–H and O–H groups in total. The summed E-state index contributed by atoms with van der Waals surface area (Å²) >= 11 is 1.49. The van der Waals surface area contributed by atoms with Gasteiger partial charge in [0.2, 0.25) is 0 Å². The third-order valence-electron chi connectivity index (χ3n) is 4.25. The molecule has 5 nitrogen and oxygen atoms in total. The number of aryl methyl sites for hydroxylation is 1. The molecule has 0 radical (unpaired) electrons. The number of benzene rings is 1. The van der Waals surface area contributed by atoms with Gasteiger partial charge < -0.3 is 14.8 Å². The lowest BCUT2D eigenvalue weighted by Crippen LogP contribution is -2.20. The largest absolute Gasteiger partial charge is 0.462 e. The molecular weight excluding hydrogens is 350 g/mol. The summed E-state index contributed by atoms with van der Waals surface area (Å²) in [5.41, 5.74) is 2.59. The Morgan fingerprint density at radius 2 is 1.92 bits per heavy atom. The Morgan fingerprint density at radius 1 is 1.15 bits per heavy atom. The Kier molecular flexibility index (Phi) is 6.41. The van der Waals surface area contributed by atoms with Gasteiger partial charge in [0.25, 0.3) is 5.91 Å². The summed E-state index contributed by atoms with van der Waals surface area (Å²) in [6, 6.07) is 9.70. The number of carbonyl (C=O) groups is 2. The normalized spacial score (nSPS) is 13.1. The van der Waals surface area contributed by atoms with Crippen LogP contribution in [0.25, 0.3) is 0 Å². The first-order valence-electron chi connectivity index (χ1n) is 8.92. The van der Waals surface area contributed by atoms with Gasteiger partial charge in [0.15, 0.2) is 0 Å².